The lowest BCUT2D eigenvalue weighted by Crippen LogP contribution is -2.45. The fraction of sp³-hybridized carbons (Fsp3) is 0.320. The smallest absolute Gasteiger partial charge is 0.337 e. The summed E-state index contributed by atoms with van der Waals surface area (Å²) in [6, 6.07) is 6.45. The van der Waals surface area contributed by atoms with E-state index in [0.717, 1.165) is 0 Å². The lowest BCUT2D eigenvalue weighted by atomic mass is 9.95. The van der Waals surface area contributed by atoms with Crippen molar-refractivity contribution in [3.05, 3.63) is 67.3 Å². The third-order valence-electron chi connectivity index (χ3n) is 5.56. The minimum Gasteiger partial charge on any atom is -0.490 e. The number of hydrogen-bond acceptors (Lipinski definition) is 11. The number of benzene rings is 2. The van der Waals surface area contributed by atoms with Crippen molar-refractivity contribution in [2.45, 2.75) is 26.1 Å². The number of halogens is 1. The second-order valence-electron chi connectivity index (χ2n) is 8.23. The van der Waals surface area contributed by atoms with E-state index in [9.17, 15) is 24.8 Å². The van der Waals surface area contributed by atoms with Crippen LogP contribution in [-0.2, 0) is 9.53 Å². The van der Waals surface area contributed by atoms with Gasteiger partial charge in [-0.3, -0.25) is 15.5 Å². The molecule has 3 rings (SSSR count). The Kier molecular flexibility index (Phi) is 10.3. The zero-order valence-electron chi connectivity index (χ0n) is 22.0. The molecule has 2 aromatic rings. The Hall–Kier alpha value is -4.37. The quantitative estimate of drug-likeness (QED) is 0.0903. The summed E-state index contributed by atoms with van der Waals surface area (Å²) in [5, 5.41) is 30.8. The number of allylic oxidation sites excluding steroid dienone is 1. The number of amides is 2. The van der Waals surface area contributed by atoms with Crippen LogP contribution in [0.25, 0.3) is 0 Å². The molecule has 0 unspecified atom stereocenters. The Balaban J connectivity index is 1.71. The number of esters is 1. The van der Waals surface area contributed by atoms with E-state index in [1.807, 2.05) is 0 Å². The van der Waals surface area contributed by atoms with E-state index in [2.05, 4.69) is 37.1 Å². The maximum atomic E-state index is 12.4. The molecule has 0 fully saturated rings. The number of aliphatic hydroxyl groups is 1. The summed E-state index contributed by atoms with van der Waals surface area (Å²) in [5.74, 6) is 0.0981. The largest absolute Gasteiger partial charge is 0.490 e. The number of hydrazone groups is 1. The normalized spacial score (nSPS) is 15.7. The number of methoxy groups -OCH3 is 2. The Morgan fingerprint density at radius 2 is 2.02 bits per heavy atom. The van der Waals surface area contributed by atoms with Gasteiger partial charge in [0.05, 0.1) is 48.1 Å². The van der Waals surface area contributed by atoms with Crippen molar-refractivity contribution in [1.82, 2.24) is 16.1 Å². The molecular formula is C25H28BrN5O9. The Labute approximate surface area is 237 Å². The molecule has 40 heavy (non-hydrogen) atoms. The van der Waals surface area contributed by atoms with Crippen LogP contribution in [0.4, 0.5) is 10.5 Å². The molecule has 2 aromatic carbocycles. The molecule has 2 amide bonds. The van der Waals surface area contributed by atoms with Crippen LogP contribution >= 0.6 is 15.9 Å². The molecule has 0 spiro atoms. The highest BCUT2D eigenvalue weighted by atomic mass is 79.9. The Morgan fingerprint density at radius 3 is 2.67 bits per heavy atom. The summed E-state index contributed by atoms with van der Waals surface area (Å²) < 4.78 is 21.7. The second kappa shape index (κ2) is 13.6. The number of hydrogen-bond donors (Lipinski definition) is 4. The van der Waals surface area contributed by atoms with Gasteiger partial charge in [0, 0.05) is 17.3 Å². The van der Waals surface area contributed by atoms with Crippen LogP contribution in [0.2, 0.25) is 0 Å². The molecule has 4 N–H and O–H groups in total. The van der Waals surface area contributed by atoms with E-state index in [1.54, 1.807) is 38.1 Å². The first-order chi connectivity index (χ1) is 19.1. The number of aliphatic hydroxyl groups excluding tert-OH is 1. The number of rotatable bonds is 12. The molecule has 0 bridgehead atoms. The van der Waals surface area contributed by atoms with Gasteiger partial charge in [-0.1, -0.05) is 6.07 Å². The average Bonchev–Trinajstić information content (AvgIpc) is 2.91. The highest BCUT2D eigenvalue weighted by molar-refractivity contribution is 9.10. The van der Waals surface area contributed by atoms with E-state index in [1.165, 1.54) is 26.5 Å². The molecule has 0 saturated heterocycles. The van der Waals surface area contributed by atoms with Crippen LogP contribution in [0.5, 0.6) is 17.2 Å². The molecule has 1 heterocycles. The molecule has 1 aliphatic heterocycles. The van der Waals surface area contributed by atoms with Crippen molar-refractivity contribution >= 4 is 39.8 Å². The van der Waals surface area contributed by atoms with E-state index < -0.39 is 29.2 Å². The molecule has 1 aliphatic rings. The van der Waals surface area contributed by atoms with Gasteiger partial charge in [0.15, 0.2) is 17.7 Å². The molecule has 15 heteroatoms. The first kappa shape index (κ1) is 30.2. The van der Waals surface area contributed by atoms with Crippen LogP contribution in [0, 0.1) is 10.1 Å². The third kappa shape index (κ3) is 7.18. The fourth-order valence-corrected chi connectivity index (χ4v) is 4.46. The van der Waals surface area contributed by atoms with Gasteiger partial charge in [0.25, 0.3) is 0 Å². The predicted octanol–water partition coefficient (Wildman–Crippen LogP) is 2.89. The molecule has 0 radical (unpaired) electrons. The summed E-state index contributed by atoms with van der Waals surface area (Å²) in [6.45, 7) is 3.44. The van der Waals surface area contributed by atoms with Gasteiger partial charge in [-0.2, -0.15) is 5.10 Å². The molecular weight excluding hydrogens is 594 g/mol. The molecule has 214 valence electrons. The maximum absolute atomic E-state index is 12.4. The summed E-state index contributed by atoms with van der Waals surface area (Å²) in [5.41, 5.74) is 3.77. The fourth-order valence-electron chi connectivity index (χ4n) is 3.83. The Morgan fingerprint density at radius 1 is 1.27 bits per heavy atom. The van der Waals surface area contributed by atoms with Gasteiger partial charge in [-0.25, -0.2) is 9.59 Å². The molecule has 0 saturated carbocycles. The lowest BCUT2D eigenvalue weighted by molar-refractivity contribution is -0.385. The van der Waals surface area contributed by atoms with Crippen molar-refractivity contribution in [2.75, 3.05) is 27.4 Å². The highest BCUT2D eigenvalue weighted by Gasteiger charge is 2.32. The number of ether oxygens (including phenoxy) is 4. The second-order valence-corrected chi connectivity index (χ2v) is 9.08. The number of nitrogens with zero attached hydrogens (tertiary/aromatic N) is 2. The summed E-state index contributed by atoms with van der Waals surface area (Å²) in [7, 11) is 2.58. The van der Waals surface area contributed by atoms with Gasteiger partial charge in [-0.05, 0) is 53.5 Å². The minimum absolute atomic E-state index is 0.0786. The zero-order valence-corrected chi connectivity index (χ0v) is 23.6. The van der Waals surface area contributed by atoms with Gasteiger partial charge in [0.2, 0.25) is 5.75 Å². The number of urea groups is 1. The Bertz CT molecular complexity index is 1350. The van der Waals surface area contributed by atoms with E-state index >= 15 is 0 Å². The number of carbonyl (C=O) groups excluding carboxylic acids is 2. The van der Waals surface area contributed by atoms with Crippen molar-refractivity contribution in [3.63, 3.8) is 0 Å². The van der Waals surface area contributed by atoms with Gasteiger partial charge < -0.3 is 34.7 Å². The number of carbonyl (C=O) groups is 2. The standard InChI is InChI=1S/C25H28BrN5O9/c1-5-39-19-10-15(22-21(24(33)38-4)13(2)28-25(34)29-22)6-7-18(19)40-12-20(32)30-27-11-14-8-16(26)23(37-3)17(9-14)31(35)36/h6-11,20,22,30,32H,5,12H2,1-4H3,(H2,28,29,34)/b27-11-/t20-,22+/m1/s1. The average molecular weight is 622 g/mol. The van der Waals surface area contributed by atoms with Crippen LogP contribution < -0.4 is 30.3 Å². The molecule has 0 aliphatic carbocycles. The van der Waals surface area contributed by atoms with E-state index in [0.29, 0.717) is 39.4 Å². The van der Waals surface area contributed by atoms with Crippen molar-refractivity contribution in [1.29, 1.82) is 0 Å². The highest BCUT2D eigenvalue weighted by Crippen LogP contribution is 2.36. The van der Waals surface area contributed by atoms with Crippen molar-refractivity contribution in [3.8, 4) is 17.2 Å². The monoisotopic (exact) mass is 621 g/mol. The predicted molar refractivity (Wildman–Crippen MR) is 146 cm³/mol. The van der Waals surface area contributed by atoms with Crippen LogP contribution in [0.15, 0.2) is 51.2 Å². The van der Waals surface area contributed by atoms with Gasteiger partial charge in [0.1, 0.15) is 6.61 Å². The number of nitrogens with one attached hydrogen (secondary N) is 3. The number of nitro groups is 1. The van der Waals surface area contributed by atoms with Gasteiger partial charge >= 0.3 is 17.7 Å². The topological polar surface area (TPSA) is 183 Å². The van der Waals surface area contributed by atoms with Crippen LogP contribution in [0.3, 0.4) is 0 Å². The minimum atomic E-state index is -1.25. The van der Waals surface area contributed by atoms with Crippen molar-refractivity contribution in [2.24, 2.45) is 5.10 Å². The summed E-state index contributed by atoms with van der Waals surface area (Å²) >= 11 is 3.23. The van der Waals surface area contributed by atoms with E-state index in [-0.39, 0.29) is 23.6 Å². The molecule has 0 aromatic heterocycles. The van der Waals surface area contributed by atoms with Gasteiger partial charge in [-0.15, -0.1) is 0 Å². The van der Waals surface area contributed by atoms with Crippen LogP contribution in [0.1, 0.15) is 31.0 Å². The van der Waals surface area contributed by atoms with Crippen molar-refractivity contribution < 1.29 is 38.6 Å². The van der Waals surface area contributed by atoms with E-state index in [4.69, 9.17) is 18.9 Å². The zero-order chi connectivity index (χ0) is 29.4. The molecule has 14 nitrogen and oxygen atoms in total. The first-order valence-electron chi connectivity index (χ1n) is 11.8. The summed E-state index contributed by atoms with van der Waals surface area (Å²) in [6.07, 6.45) is 0.0463. The molecule has 2 atom stereocenters. The summed E-state index contributed by atoms with van der Waals surface area (Å²) in [4.78, 5) is 35.2. The SMILES string of the molecule is CCOc1cc([C@@H]2NC(=O)NC(C)=C2C(=O)OC)ccc1OC[C@@H](O)N/N=C\c1cc(Br)c(OC)c([N+](=O)[O-])c1. The number of nitro benzene ring substituents is 1. The lowest BCUT2D eigenvalue weighted by Gasteiger charge is -2.28. The maximum Gasteiger partial charge on any atom is 0.337 e. The first-order valence-corrected chi connectivity index (χ1v) is 12.6. The third-order valence-corrected chi connectivity index (χ3v) is 6.15. The van der Waals surface area contributed by atoms with Crippen LogP contribution in [-0.4, -0.2) is 61.9 Å².